The first-order valence-corrected chi connectivity index (χ1v) is 18.3. The molecule has 4 fully saturated rings. The van der Waals surface area contributed by atoms with Gasteiger partial charge in [-0.05, 0) is 108 Å². The van der Waals surface area contributed by atoms with Gasteiger partial charge < -0.3 is 9.47 Å². The molecule has 11 heteroatoms. The minimum atomic E-state index is -0.705. The number of benzene rings is 2. The molecule has 0 aliphatic heterocycles. The van der Waals surface area contributed by atoms with E-state index in [1.54, 1.807) is 18.2 Å². The van der Waals surface area contributed by atoms with E-state index in [9.17, 15) is 34.1 Å². The Balaban J connectivity index is 1.07. The molecule has 260 valence electrons. The first-order chi connectivity index (χ1) is 23.2. The minimum absolute atomic E-state index is 0.00541. The summed E-state index contributed by atoms with van der Waals surface area (Å²) >= 11 is 2.01. The van der Waals surface area contributed by atoms with E-state index in [4.69, 9.17) is 9.47 Å². The summed E-state index contributed by atoms with van der Waals surface area (Å²) in [5.74, 6) is -0.341. The van der Waals surface area contributed by atoms with Crippen molar-refractivity contribution in [3.8, 4) is 5.75 Å². The summed E-state index contributed by atoms with van der Waals surface area (Å²) in [6, 6.07) is 10.7. The van der Waals surface area contributed by atoms with Crippen LogP contribution in [0.1, 0.15) is 94.5 Å². The van der Waals surface area contributed by atoms with Crippen LogP contribution in [0.4, 0.5) is 5.69 Å². The highest BCUT2D eigenvalue weighted by Gasteiger charge is 2.66. The number of carbonyl (C=O) groups is 5. The predicted molar refractivity (Wildman–Crippen MR) is 186 cm³/mol. The van der Waals surface area contributed by atoms with Crippen molar-refractivity contribution in [2.24, 2.45) is 46.3 Å². The summed E-state index contributed by atoms with van der Waals surface area (Å²) in [5.41, 5.74) is -0.517. The zero-order valence-electron chi connectivity index (χ0n) is 28.1. The van der Waals surface area contributed by atoms with E-state index in [1.165, 1.54) is 24.3 Å². The third kappa shape index (κ3) is 6.59. The van der Waals surface area contributed by atoms with E-state index < -0.39 is 22.3 Å². The fourth-order valence-electron chi connectivity index (χ4n) is 9.90. The molecule has 0 aromatic heterocycles. The standard InChI is InChI=1S/C38H42INO9/c1-21(28-9-10-29-35-30(19-33(43)38(28,29)3)37(2)13-12-26(41)16-24(37)17-32(35)42)8-11-34(44)49-27-15-23(14-25(39)18-27)36(45)48-20-22-6-4-5-7-31(22)40(46)47/h4-7,14-15,18,21,24,28-30,35H,8-13,16-17,19-20H2,1-3H3/t21-,24+,28-,29+,30+,35+,37+,38-/m1/s1. The van der Waals surface area contributed by atoms with E-state index in [1.807, 2.05) is 22.6 Å². The van der Waals surface area contributed by atoms with Gasteiger partial charge in [0.25, 0.3) is 5.69 Å². The number of Topliss-reactive ketones (excluding diaryl/α,β-unsaturated/α-hetero) is 3. The molecule has 0 N–H and O–H groups in total. The number of ether oxygens (including phenoxy) is 2. The van der Waals surface area contributed by atoms with E-state index in [2.05, 4.69) is 20.8 Å². The van der Waals surface area contributed by atoms with Crippen molar-refractivity contribution in [3.63, 3.8) is 0 Å². The smallest absolute Gasteiger partial charge is 0.338 e. The Hall–Kier alpha value is -3.48. The maximum atomic E-state index is 14.1. The summed E-state index contributed by atoms with van der Waals surface area (Å²) < 4.78 is 11.6. The molecule has 49 heavy (non-hydrogen) atoms. The topological polar surface area (TPSA) is 147 Å². The van der Waals surface area contributed by atoms with Gasteiger partial charge in [-0.15, -0.1) is 0 Å². The molecule has 0 bridgehead atoms. The van der Waals surface area contributed by atoms with Gasteiger partial charge in [0.15, 0.2) is 0 Å². The van der Waals surface area contributed by atoms with Crippen LogP contribution in [-0.4, -0.2) is 34.2 Å². The molecule has 10 nitrogen and oxygen atoms in total. The van der Waals surface area contributed by atoms with Gasteiger partial charge in [-0.3, -0.25) is 29.3 Å². The lowest BCUT2D eigenvalue weighted by molar-refractivity contribution is -0.385. The fourth-order valence-corrected chi connectivity index (χ4v) is 10.5. The van der Waals surface area contributed by atoms with Crippen LogP contribution in [0.5, 0.6) is 5.75 Å². The Bertz CT molecular complexity index is 1720. The van der Waals surface area contributed by atoms with Gasteiger partial charge in [0.05, 0.1) is 16.1 Å². The Morgan fingerprint density at radius 3 is 2.55 bits per heavy atom. The number of fused-ring (bicyclic) bond motifs is 5. The van der Waals surface area contributed by atoms with Crippen molar-refractivity contribution in [1.82, 2.24) is 0 Å². The molecule has 2 aromatic rings. The number of para-hydroxylation sites is 1. The van der Waals surface area contributed by atoms with Crippen molar-refractivity contribution in [2.45, 2.75) is 85.2 Å². The quantitative estimate of drug-likeness (QED) is 0.0831. The number of ketones is 3. The van der Waals surface area contributed by atoms with Gasteiger partial charge in [0.1, 0.15) is 29.7 Å². The summed E-state index contributed by atoms with van der Waals surface area (Å²) in [7, 11) is 0. The van der Waals surface area contributed by atoms with Crippen molar-refractivity contribution in [1.29, 1.82) is 0 Å². The number of nitro groups is 1. The lowest BCUT2D eigenvalue weighted by Gasteiger charge is -2.58. The van der Waals surface area contributed by atoms with Crippen LogP contribution in [0.15, 0.2) is 42.5 Å². The third-order valence-electron chi connectivity index (χ3n) is 12.6. The van der Waals surface area contributed by atoms with Gasteiger partial charge in [-0.1, -0.05) is 32.9 Å². The molecular weight excluding hydrogens is 741 g/mol. The zero-order chi connectivity index (χ0) is 35.2. The van der Waals surface area contributed by atoms with Crippen molar-refractivity contribution in [3.05, 3.63) is 67.3 Å². The molecule has 2 aromatic carbocycles. The normalized spacial score (nSPS) is 31.3. The molecule has 0 spiro atoms. The lowest BCUT2D eigenvalue weighted by Crippen LogP contribution is -2.60. The van der Waals surface area contributed by atoms with E-state index >= 15 is 0 Å². The highest BCUT2D eigenvalue weighted by Crippen LogP contribution is 2.66. The summed E-state index contributed by atoms with van der Waals surface area (Å²) in [6.07, 6.45) is 4.83. The molecule has 8 atom stereocenters. The number of nitrogens with zero attached hydrogens (tertiary/aromatic N) is 1. The Labute approximate surface area is 299 Å². The second-order valence-electron chi connectivity index (χ2n) is 15.1. The van der Waals surface area contributed by atoms with Gasteiger partial charge in [-0.2, -0.15) is 0 Å². The highest BCUT2D eigenvalue weighted by atomic mass is 127. The second kappa shape index (κ2) is 13.7. The van der Waals surface area contributed by atoms with Crippen LogP contribution in [0.25, 0.3) is 0 Å². The molecule has 0 unspecified atom stereocenters. The predicted octanol–water partition coefficient (Wildman–Crippen LogP) is 7.46. The molecule has 0 radical (unpaired) electrons. The molecule has 4 saturated carbocycles. The highest BCUT2D eigenvalue weighted by molar-refractivity contribution is 14.1. The third-order valence-corrected chi connectivity index (χ3v) is 13.2. The molecule has 4 aliphatic rings. The van der Waals surface area contributed by atoms with Crippen LogP contribution in [0, 0.1) is 60.0 Å². The van der Waals surface area contributed by atoms with Crippen molar-refractivity contribution < 1.29 is 38.4 Å². The molecular formula is C38H42INO9. The average molecular weight is 784 g/mol. The number of rotatable bonds is 9. The van der Waals surface area contributed by atoms with Gasteiger partial charge in [0.2, 0.25) is 0 Å². The second-order valence-corrected chi connectivity index (χ2v) is 16.3. The molecule has 6 rings (SSSR count). The minimum Gasteiger partial charge on any atom is -0.457 e. The number of nitro benzene ring substituents is 1. The van der Waals surface area contributed by atoms with Gasteiger partial charge in [-0.25, -0.2) is 4.79 Å². The summed E-state index contributed by atoms with van der Waals surface area (Å²) in [5, 5.41) is 11.3. The summed E-state index contributed by atoms with van der Waals surface area (Å²) in [4.78, 5) is 76.7. The molecule has 0 amide bonds. The van der Waals surface area contributed by atoms with Gasteiger partial charge in [0, 0.05) is 53.1 Å². The SMILES string of the molecule is C[C@H](CCC(=O)Oc1cc(I)cc(C(=O)OCc2ccccc2[N+](=O)[O-])c1)[C@H]1CC[C@H]2[C@@H]3C(=O)C[C@@H]4CC(=O)CC[C@]4(C)[C@H]3CC(=O)[C@]12C. The maximum Gasteiger partial charge on any atom is 0.338 e. The van der Waals surface area contributed by atoms with E-state index in [0.717, 1.165) is 19.3 Å². The molecule has 0 saturated heterocycles. The van der Waals surface area contributed by atoms with Crippen LogP contribution >= 0.6 is 22.6 Å². The van der Waals surface area contributed by atoms with E-state index in [0.29, 0.717) is 35.7 Å². The number of halogens is 1. The average Bonchev–Trinajstić information content (AvgIpc) is 3.42. The Morgan fingerprint density at radius 2 is 1.80 bits per heavy atom. The van der Waals surface area contributed by atoms with Gasteiger partial charge >= 0.3 is 11.9 Å². The lowest BCUT2D eigenvalue weighted by atomic mass is 9.44. The summed E-state index contributed by atoms with van der Waals surface area (Å²) in [6.45, 7) is 6.06. The Kier molecular flexibility index (Phi) is 9.87. The molecule has 4 aliphatic carbocycles. The largest absolute Gasteiger partial charge is 0.457 e. The number of hydrogen-bond acceptors (Lipinski definition) is 9. The maximum absolute atomic E-state index is 14.1. The first kappa shape index (κ1) is 35.3. The number of esters is 2. The Morgan fingerprint density at radius 1 is 1.04 bits per heavy atom. The first-order valence-electron chi connectivity index (χ1n) is 17.2. The number of carbonyl (C=O) groups excluding carboxylic acids is 5. The fraction of sp³-hybridized carbons (Fsp3) is 0.553. The van der Waals surface area contributed by atoms with Crippen LogP contribution < -0.4 is 4.74 Å². The van der Waals surface area contributed by atoms with Crippen LogP contribution in [0.2, 0.25) is 0 Å². The van der Waals surface area contributed by atoms with Crippen molar-refractivity contribution >= 4 is 57.6 Å². The monoisotopic (exact) mass is 783 g/mol. The zero-order valence-corrected chi connectivity index (χ0v) is 30.2. The molecule has 0 heterocycles. The van der Waals surface area contributed by atoms with Crippen molar-refractivity contribution in [2.75, 3.05) is 0 Å². The van der Waals surface area contributed by atoms with E-state index in [-0.39, 0.29) is 93.9 Å². The van der Waals surface area contributed by atoms with Crippen LogP contribution in [0.3, 0.4) is 0 Å². The number of hydrogen-bond donors (Lipinski definition) is 0. The van der Waals surface area contributed by atoms with Crippen LogP contribution in [-0.2, 0) is 30.5 Å².